The van der Waals surface area contributed by atoms with Crippen molar-refractivity contribution >= 4 is 17.3 Å². The van der Waals surface area contributed by atoms with Gasteiger partial charge in [0.15, 0.2) is 0 Å². The van der Waals surface area contributed by atoms with Gasteiger partial charge >= 0.3 is 5.97 Å². The summed E-state index contributed by atoms with van der Waals surface area (Å²) in [6, 6.07) is 0. The van der Waals surface area contributed by atoms with Gasteiger partial charge in [-0.25, -0.2) is 4.98 Å². The summed E-state index contributed by atoms with van der Waals surface area (Å²) in [7, 11) is 0. The largest absolute Gasteiger partial charge is 0.481 e. The van der Waals surface area contributed by atoms with Gasteiger partial charge < -0.3 is 5.11 Å². The van der Waals surface area contributed by atoms with Crippen LogP contribution in [0.4, 0.5) is 0 Å². The molecule has 1 fully saturated rings. The zero-order chi connectivity index (χ0) is 10.9. The van der Waals surface area contributed by atoms with Gasteiger partial charge in [0.05, 0.1) is 16.6 Å². The van der Waals surface area contributed by atoms with Crippen LogP contribution in [0.25, 0.3) is 0 Å². The lowest BCUT2D eigenvalue weighted by Gasteiger charge is -2.28. The minimum absolute atomic E-state index is 0.261. The van der Waals surface area contributed by atoms with Crippen LogP contribution in [0.1, 0.15) is 31.9 Å². The maximum absolute atomic E-state index is 11.4. The molecular weight excluding hydrogens is 210 g/mol. The smallest absolute Gasteiger partial charge is 0.310 e. The molecule has 2 unspecified atom stereocenters. The highest BCUT2D eigenvalue weighted by molar-refractivity contribution is 7.07. The first-order valence-electron chi connectivity index (χ1n) is 5.25. The third-order valence-corrected chi connectivity index (χ3v) is 4.24. The number of nitrogens with zero attached hydrogens (tertiary/aromatic N) is 1. The second kappa shape index (κ2) is 3.93. The molecule has 2 rings (SSSR count). The average Bonchev–Trinajstić information content (AvgIpc) is 2.78. The van der Waals surface area contributed by atoms with Crippen LogP contribution in [-0.4, -0.2) is 16.1 Å². The molecule has 0 saturated heterocycles. The van der Waals surface area contributed by atoms with Gasteiger partial charge in [-0.05, 0) is 18.8 Å². The molecule has 2 atom stereocenters. The third-order valence-electron chi connectivity index (χ3n) is 3.61. The quantitative estimate of drug-likeness (QED) is 0.860. The van der Waals surface area contributed by atoms with E-state index >= 15 is 0 Å². The number of carboxylic acid groups (broad SMARTS) is 1. The summed E-state index contributed by atoms with van der Waals surface area (Å²) >= 11 is 1.53. The highest BCUT2D eigenvalue weighted by Crippen LogP contribution is 2.45. The van der Waals surface area contributed by atoms with Gasteiger partial charge in [-0.1, -0.05) is 13.3 Å². The Bertz CT molecular complexity index is 349. The number of aliphatic carboxylic acids is 1. The van der Waals surface area contributed by atoms with Crippen LogP contribution in [0.2, 0.25) is 0 Å². The maximum Gasteiger partial charge on any atom is 0.310 e. The normalized spacial score (nSPS) is 30.6. The van der Waals surface area contributed by atoms with E-state index in [0.29, 0.717) is 6.42 Å². The molecule has 15 heavy (non-hydrogen) atoms. The topological polar surface area (TPSA) is 50.2 Å². The van der Waals surface area contributed by atoms with E-state index in [1.165, 1.54) is 11.3 Å². The second-order valence-corrected chi connectivity index (χ2v) is 5.13. The number of aromatic nitrogens is 1. The predicted octanol–water partition coefficient (Wildman–Crippen LogP) is 2.58. The summed E-state index contributed by atoms with van der Waals surface area (Å²) in [4.78, 5) is 15.6. The van der Waals surface area contributed by atoms with Crippen molar-refractivity contribution in [2.24, 2.45) is 11.3 Å². The molecular formula is C11H15NO2S. The van der Waals surface area contributed by atoms with Crippen molar-refractivity contribution in [3.8, 4) is 0 Å². The fourth-order valence-corrected chi connectivity index (χ4v) is 3.11. The molecule has 1 aromatic heterocycles. The predicted molar refractivity (Wildman–Crippen MR) is 58.9 cm³/mol. The van der Waals surface area contributed by atoms with Crippen molar-refractivity contribution in [2.75, 3.05) is 0 Å². The van der Waals surface area contributed by atoms with Crippen molar-refractivity contribution in [1.82, 2.24) is 4.98 Å². The monoisotopic (exact) mass is 225 g/mol. The minimum atomic E-state index is -0.652. The van der Waals surface area contributed by atoms with E-state index in [0.717, 1.165) is 25.0 Å². The molecule has 0 aliphatic heterocycles. The highest BCUT2D eigenvalue weighted by Gasteiger charge is 2.47. The zero-order valence-corrected chi connectivity index (χ0v) is 9.59. The fraction of sp³-hybridized carbons (Fsp3) is 0.636. The summed E-state index contributed by atoms with van der Waals surface area (Å²) in [5.74, 6) is -0.391. The average molecular weight is 225 g/mol. The number of carboxylic acids is 1. The number of rotatable bonds is 3. The van der Waals surface area contributed by atoms with E-state index < -0.39 is 11.4 Å². The molecule has 1 aromatic rings. The number of hydrogen-bond acceptors (Lipinski definition) is 3. The van der Waals surface area contributed by atoms with E-state index in [4.69, 9.17) is 0 Å². The number of hydrogen-bond donors (Lipinski definition) is 1. The van der Waals surface area contributed by atoms with E-state index in [9.17, 15) is 9.90 Å². The van der Waals surface area contributed by atoms with Gasteiger partial charge in [0.25, 0.3) is 0 Å². The second-order valence-electron chi connectivity index (χ2n) is 4.41. The van der Waals surface area contributed by atoms with E-state index in [-0.39, 0.29) is 5.92 Å². The summed E-state index contributed by atoms with van der Waals surface area (Å²) in [6.07, 6.45) is 3.43. The molecule has 0 bridgehead atoms. The van der Waals surface area contributed by atoms with Crippen LogP contribution >= 0.6 is 11.3 Å². The van der Waals surface area contributed by atoms with Crippen LogP contribution < -0.4 is 0 Å². The Morgan fingerprint density at radius 3 is 3.07 bits per heavy atom. The van der Waals surface area contributed by atoms with E-state index in [1.807, 2.05) is 12.3 Å². The molecule has 82 valence electrons. The van der Waals surface area contributed by atoms with Crippen LogP contribution in [0.5, 0.6) is 0 Å². The molecule has 0 spiro atoms. The van der Waals surface area contributed by atoms with Crippen molar-refractivity contribution in [1.29, 1.82) is 0 Å². The van der Waals surface area contributed by atoms with Crippen LogP contribution in [0, 0.1) is 11.3 Å². The Balaban J connectivity index is 2.24. The fourth-order valence-electron chi connectivity index (χ4n) is 2.55. The molecule has 0 radical (unpaired) electrons. The van der Waals surface area contributed by atoms with Crippen molar-refractivity contribution in [3.05, 3.63) is 16.6 Å². The zero-order valence-electron chi connectivity index (χ0n) is 8.77. The molecule has 1 heterocycles. The van der Waals surface area contributed by atoms with Gasteiger partial charge in [-0.2, -0.15) is 0 Å². The first-order valence-corrected chi connectivity index (χ1v) is 6.20. The number of thiazole rings is 1. The van der Waals surface area contributed by atoms with E-state index in [1.54, 1.807) is 5.51 Å². The lowest BCUT2D eigenvalue weighted by atomic mass is 9.75. The first-order chi connectivity index (χ1) is 7.15. The summed E-state index contributed by atoms with van der Waals surface area (Å²) in [6.45, 7) is 2.05. The Morgan fingerprint density at radius 1 is 1.80 bits per heavy atom. The molecule has 1 saturated carbocycles. The third kappa shape index (κ3) is 1.78. The van der Waals surface area contributed by atoms with Gasteiger partial charge in [0, 0.05) is 11.8 Å². The van der Waals surface area contributed by atoms with Gasteiger partial charge in [0.2, 0.25) is 0 Å². The van der Waals surface area contributed by atoms with Crippen molar-refractivity contribution < 1.29 is 9.90 Å². The first kappa shape index (κ1) is 10.6. The maximum atomic E-state index is 11.4. The van der Waals surface area contributed by atoms with Gasteiger partial charge in [-0.3, -0.25) is 4.79 Å². The highest BCUT2D eigenvalue weighted by atomic mass is 32.1. The molecule has 4 heteroatoms. The van der Waals surface area contributed by atoms with Crippen molar-refractivity contribution in [3.63, 3.8) is 0 Å². The molecule has 1 aliphatic carbocycles. The Morgan fingerprint density at radius 2 is 2.60 bits per heavy atom. The minimum Gasteiger partial charge on any atom is -0.481 e. The van der Waals surface area contributed by atoms with Gasteiger partial charge in [0.1, 0.15) is 0 Å². The lowest BCUT2D eigenvalue weighted by Crippen LogP contribution is -2.35. The summed E-state index contributed by atoms with van der Waals surface area (Å²) in [5.41, 5.74) is 2.13. The van der Waals surface area contributed by atoms with Crippen LogP contribution in [0.3, 0.4) is 0 Å². The van der Waals surface area contributed by atoms with Crippen LogP contribution in [0.15, 0.2) is 10.9 Å². The standard InChI is InChI=1S/C11H15NO2S/c1-8-3-2-4-11(8,10(13)14)5-9-6-15-7-12-9/h6-8H,2-5H2,1H3,(H,13,14). The summed E-state index contributed by atoms with van der Waals surface area (Å²) < 4.78 is 0. The summed E-state index contributed by atoms with van der Waals surface area (Å²) in [5, 5.41) is 11.4. The Hall–Kier alpha value is -0.900. The number of carbonyl (C=O) groups is 1. The Labute approximate surface area is 93.2 Å². The molecule has 0 amide bonds. The SMILES string of the molecule is CC1CCCC1(Cc1cscn1)C(=O)O. The molecule has 1 N–H and O–H groups in total. The Kier molecular flexibility index (Phi) is 2.78. The lowest BCUT2D eigenvalue weighted by molar-refractivity contribution is -0.151. The molecule has 0 aromatic carbocycles. The molecule has 3 nitrogen and oxygen atoms in total. The molecule has 1 aliphatic rings. The van der Waals surface area contributed by atoms with Crippen molar-refractivity contribution in [2.45, 2.75) is 32.6 Å². The van der Waals surface area contributed by atoms with Crippen LogP contribution in [-0.2, 0) is 11.2 Å². The van der Waals surface area contributed by atoms with Gasteiger partial charge in [-0.15, -0.1) is 11.3 Å². The van der Waals surface area contributed by atoms with E-state index in [2.05, 4.69) is 4.98 Å².